The van der Waals surface area contributed by atoms with Crippen LogP contribution in [0, 0.1) is 6.92 Å². The Morgan fingerprint density at radius 2 is 2.00 bits per heavy atom. The van der Waals surface area contributed by atoms with E-state index in [0.29, 0.717) is 0 Å². The summed E-state index contributed by atoms with van der Waals surface area (Å²) in [5.41, 5.74) is 0.890. The molecule has 1 N–H and O–H groups in total. The average molecular weight is 262 g/mol. The number of carbonyl (C=O) groups is 1. The van der Waals surface area contributed by atoms with Crippen LogP contribution in [0.15, 0.2) is 29.3 Å². The van der Waals surface area contributed by atoms with Crippen LogP contribution in [0.2, 0.25) is 0 Å². The van der Waals surface area contributed by atoms with Gasteiger partial charge in [0, 0.05) is 16.0 Å². The lowest BCUT2D eigenvalue weighted by atomic mass is 10.1. The number of carboxylic acid groups (broad SMARTS) is 1. The van der Waals surface area contributed by atoms with E-state index in [1.165, 1.54) is 11.8 Å². The van der Waals surface area contributed by atoms with Crippen molar-refractivity contribution in [2.45, 2.75) is 30.5 Å². The molecule has 1 aromatic heterocycles. The molecule has 1 atom stereocenters. The Labute approximate surface area is 109 Å². The van der Waals surface area contributed by atoms with Gasteiger partial charge in [-0.05, 0) is 6.92 Å². The minimum absolute atomic E-state index is 0.0251. The number of fused-ring (bicyclic) bond motifs is 1. The summed E-state index contributed by atoms with van der Waals surface area (Å²) in [6, 6.07) is 7.92. The Morgan fingerprint density at radius 3 is 2.67 bits per heavy atom. The van der Waals surface area contributed by atoms with E-state index < -0.39 is 5.97 Å². The average Bonchev–Trinajstić information content (AvgIpc) is 2.32. The van der Waals surface area contributed by atoms with Crippen LogP contribution in [0.5, 0.6) is 0 Å². The largest absolute Gasteiger partial charge is 0.481 e. The molecular weight excluding hydrogens is 248 g/mol. The zero-order valence-electron chi connectivity index (χ0n) is 10.3. The van der Waals surface area contributed by atoms with E-state index in [4.69, 9.17) is 5.11 Å². The molecule has 2 aromatic rings. The van der Waals surface area contributed by atoms with E-state index in [1.807, 2.05) is 38.1 Å². The second kappa shape index (κ2) is 5.35. The van der Waals surface area contributed by atoms with Gasteiger partial charge in [-0.1, -0.05) is 31.2 Å². The topological polar surface area (TPSA) is 63.1 Å². The number of hydrogen-bond donors (Lipinski definition) is 1. The number of aliphatic carboxylic acids is 1. The highest BCUT2D eigenvalue weighted by atomic mass is 32.2. The first-order valence-electron chi connectivity index (χ1n) is 5.68. The molecule has 0 aliphatic heterocycles. The number of hydrogen-bond acceptors (Lipinski definition) is 4. The van der Waals surface area contributed by atoms with Gasteiger partial charge in [0.05, 0.1) is 12.1 Å². The molecule has 0 aliphatic rings. The second-order valence-electron chi connectivity index (χ2n) is 4.16. The Balaban J connectivity index is 2.34. The van der Waals surface area contributed by atoms with Crippen LogP contribution in [-0.4, -0.2) is 26.5 Å². The van der Waals surface area contributed by atoms with E-state index in [-0.39, 0.29) is 11.7 Å². The molecule has 0 spiro atoms. The number of carboxylic acids is 1. The van der Waals surface area contributed by atoms with E-state index >= 15 is 0 Å². The summed E-state index contributed by atoms with van der Waals surface area (Å²) in [4.78, 5) is 10.7. The zero-order valence-corrected chi connectivity index (χ0v) is 11.1. The monoisotopic (exact) mass is 262 g/mol. The first kappa shape index (κ1) is 12.8. The van der Waals surface area contributed by atoms with Crippen molar-refractivity contribution in [3.63, 3.8) is 0 Å². The lowest BCUT2D eigenvalue weighted by Gasteiger charge is -2.10. The van der Waals surface area contributed by atoms with Gasteiger partial charge in [-0.3, -0.25) is 4.79 Å². The van der Waals surface area contributed by atoms with Crippen molar-refractivity contribution >= 4 is 28.5 Å². The predicted octanol–water partition coefficient (Wildman–Crippen LogP) is 2.89. The molecular formula is C13H14N2O2S. The maximum Gasteiger partial charge on any atom is 0.304 e. The van der Waals surface area contributed by atoms with Gasteiger partial charge in [0.15, 0.2) is 0 Å². The van der Waals surface area contributed by atoms with E-state index in [2.05, 4.69) is 10.2 Å². The fourth-order valence-electron chi connectivity index (χ4n) is 1.78. The molecule has 1 unspecified atom stereocenters. The molecule has 0 saturated carbocycles. The van der Waals surface area contributed by atoms with Crippen LogP contribution in [0.1, 0.15) is 19.0 Å². The summed E-state index contributed by atoms with van der Waals surface area (Å²) >= 11 is 1.46. The Hall–Kier alpha value is -1.62. The fraction of sp³-hybridized carbons (Fsp3) is 0.308. The Kier molecular flexibility index (Phi) is 3.81. The first-order chi connectivity index (χ1) is 8.58. The van der Waals surface area contributed by atoms with Crippen LogP contribution < -0.4 is 0 Å². The smallest absolute Gasteiger partial charge is 0.304 e. The Morgan fingerprint density at radius 1 is 1.33 bits per heavy atom. The molecule has 0 radical (unpaired) electrons. The maximum atomic E-state index is 10.7. The van der Waals surface area contributed by atoms with Crippen molar-refractivity contribution < 1.29 is 9.90 Å². The van der Waals surface area contributed by atoms with Gasteiger partial charge in [-0.15, -0.1) is 16.9 Å². The number of benzene rings is 1. The molecule has 18 heavy (non-hydrogen) atoms. The standard InChI is InChI=1S/C13H14N2O2S/c1-8(7-12(16)17)18-13-11-6-4-3-5-10(11)9(2)14-15-13/h3-6,8H,7H2,1-2H3,(H,16,17). The van der Waals surface area contributed by atoms with Crippen LogP contribution in [0.3, 0.4) is 0 Å². The lowest BCUT2D eigenvalue weighted by Crippen LogP contribution is -2.06. The first-order valence-corrected chi connectivity index (χ1v) is 6.56. The number of rotatable bonds is 4. The highest BCUT2D eigenvalue weighted by Crippen LogP contribution is 2.30. The van der Waals surface area contributed by atoms with Crippen LogP contribution in [0.25, 0.3) is 10.8 Å². The highest BCUT2D eigenvalue weighted by molar-refractivity contribution is 8.00. The van der Waals surface area contributed by atoms with Gasteiger partial charge in [-0.2, -0.15) is 5.10 Å². The molecule has 0 fully saturated rings. The molecule has 5 heteroatoms. The van der Waals surface area contributed by atoms with Crippen molar-refractivity contribution in [1.29, 1.82) is 0 Å². The van der Waals surface area contributed by atoms with E-state index in [1.54, 1.807) is 0 Å². The van der Waals surface area contributed by atoms with Crippen molar-refractivity contribution in [3.8, 4) is 0 Å². The van der Waals surface area contributed by atoms with Gasteiger partial charge in [0.2, 0.25) is 0 Å². The summed E-state index contributed by atoms with van der Waals surface area (Å²) < 4.78 is 0. The van der Waals surface area contributed by atoms with Gasteiger partial charge >= 0.3 is 5.97 Å². The predicted molar refractivity (Wildman–Crippen MR) is 71.8 cm³/mol. The summed E-state index contributed by atoms with van der Waals surface area (Å²) in [7, 11) is 0. The number of aryl methyl sites for hydroxylation is 1. The van der Waals surface area contributed by atoms with Crippen molar-refractivity contribution in [2.24, 2.45) is 0 Å². The van der Waals surface area contributed by atoms with Gasteiger partial charge in [-0.25, -0.2) is 0 Å². The van der Waals surface area contributed by atoms with Crippen molar-refractivity contribution in [3.05, 3.63) is 30.0 Å². The molecule has 0 saturated heterocycles. The third-order valence-electron chi connectivity index (χ3n) is 2.61. The molecule has 0 amide bonds. The molecule has 0 aliphatic carbocycles. The molecule has 1 aromatic carbocycles. The second-order valence-corrected chi connectivity index (χ2v) is 5.59. The summed E-state index contributed by atoms with van der Waals surface area (Å²) in [6.07, 6.45) is 0.120. The normalized spacial score (nSPS) is 12.6. The van der Waals surface area contributed by atoms with Crippen molar-refractivity contribution in [1.82, 2.24) is 10.2 Å². The summed E-state index contributed by atoms with van der Waals surface area (Å²) in [5, 5.41) is 19.9. The lowest BCUT2D eigenvalue weighted by molar-refractivity contribution is -0.136. The van der Waals surface area contributed by atoms with Gasteiger partial charge in [0.1, 0.15) is 5.03 Å². The van der Waals surface area contributed by atoms with Gasteiger partial charge in [0.25, 0.3) is 0 Å². The Bertz CT molecular complexity index is 586. The van der Waals surface area contributed by atoms with Crippen LogP contribution in [0.4, 0.5) is 0 Å². The highest BCUT2D eigenvalue weighted by Gasteiger charge is 2.13. The molecule has 94 valence electrons. The maximum absolute atomic E-state index is 10.7. The quantitative estimate of drug-likeness (QED) is 0.858. The SMILES string of the molecule is Cc1nnc(SC(C)CC(=O)O)c2ccccc12. The minimum atomic E-state index is -0.792. The number of aromatic nitrogens is 2. The fourth-order valence-corrected chi connectivity index (χ4v) is 2.78. The number of thioether (sulfide) groups is 1. The molecule has 4 nitrogen and oxygen atoms in total. The molecule has 0 bridgehead atoms. The minimum Gasteiger partial charge on any atom is -0.481 e. The van der Waals surface area contributed by atoms with Crippen LogP contribution >= 0.6 is 11.8 Å². The third kappa shape index (κ3) is 2.79. The summed E-state index contributed by atoms with van der Waals surface area (Å²) in [5.74, 6) is -0.792. The summed E-state index contributed by atoms with van der Waals surface area (Å²) in [6.45, 7) is 3.81. The van der Waals surface area contributed by atoms with E-state index in [9.17, 15) is 4.79 Å². The van der Waals surface area contributed by atoms with Crippen molar-refractivity contribution in [2.75, 3.05) is 0 Å². The molecule has 2 rings (SSSR count). The van der Waals surface area contributed by atoms with Crippen LogP contribution in [-0.2, 0) is 4.79 Å². The zero-order chi connectivity index (χ0) is 13.1. The van der Waals surface area contributed by atoms with E-state index in [0.717, 1.165) is 21.5 Å². The van der Waals surface area contributed by atoms with Gasteiger partial charge < -0.3 is 5.11 Å². The third-order valence-corrected chi connectivity index (χ3v) is 3.71. The molecule has 1 heterocycles. The number of nitrogens with zero attached hydrogens (tertiary/aromatic N) is 2.